The van der Waals surface area contributed by atoms with Crippen molar-refractivity contribution in [3.05, 3.63) is 27.3 Å². The third-order valence-corrected chi connectivity index (χ3v) is 2.34. The van der Waals surface area contributed by atoms with E-state index < -0.39 is 11.4 Å². The maximum absolute atomic E-state index is 11.4. The highest BCUT2D eigenvalue weighted by atomic mass is 16.5. The van der Waals surface area contributed by atoms with E-state index in [9.17, 15) is 9.59 Å². The van der Waals surface area contributed by atoms with Crippen LogP contribution in [-0.2, 0) is 4.74 Å². The summed E-state index contributed by atoms with van der Waals surface area (Å²) in [6.07, 6.45) is 2.50. The third-order valence-electron chi connectivity index (χ3n) is 2.34. The van der Waals surface area contributed by atoms with Gasteiger partial charge < -0.3 is 4.74 Å². The summed E-state index contributed by atoms with van der Waals surface area (Å²) in [5, 5.41) is 0. The van der Waals surface area contributed by atoms with Gasteiger partial charge in [-0.25, -0.2) is 14.2 Å². The Kier molecular flexibility index (Phi) is 2.45. The fraction of sp³-hybridized carbons (Fsp3) is 0.625. The van der Waals surface area contributed by atoms with Gasteiger partial charge in [0.1, 0.15) is 6.33 Å². The van der Waals surface area contributed by atoms with Gasteiger partial charge in [0.25, 0.3) is 0 Å². The van der Waals surface area contributed by atoms with Crippen molar-refractivity contribution in [2.24, 2.45) is 0 Å². The molecule has 1 aromatic heterocycles. The molecule has 0 amide bonds. The summed E-state index contributed by atoms with van der Waals surface area (Å²) in [5.41, 5.74) is -0.877. The fourth-order valence-electron chi connectivity index (χ4n) is 1.63. The van der Waals surface area contributed by atoms with E-state index in [1.807, 2.05) is 0 Å². The summed E-state index contributed by atoms with van der Waals surface area (Å²) < 4.78 is 6.32. The molecule has 0 radical (unpaired) electrons. The molecule has 6 heteroatoms. The van der Waals surface area contributed by atoms with Crippen molar-refractivity contribution in [3.8, 4) is 0 Å². The Hall–Kier alpha value is -1.43. The zero-order valence-electron chi connectivity index (χ0n) is 7.60. The van der Waals surface area contributed by atoms with Crippen LogP contribution in [0, 0.1) is 0 Å². The maximum Gasteiger partial charge on any atom is 0.353 e. The molecular weight excluding hydrogens is 186 g/mol. The SMILES string of the molecule is O=c1nc[nH]c(=O)n1C1CCOCC1. The number of rotatable bonds is 1. The highest BCUT2D eigenvalue weighted by Crippen LogP contribution is 2.16. The minimum atomic E-state index is -0.486. The van der Waals surface area contributed by atoms with Crippen LogP contribution in [0.2, 0.25) is 0 Å². The molecular formula is C8H11N3O3. The van der Waals surface area contributed by atoms with Gasteiger partial charge in [-0.05, 0) is 12.8 Å². The third kappa shape index (κ3) is 1.60. The predicted octanol–water partition coefficient (Wildman–Crippen LogP) is -0.717. The lowest BCUT2D eigenvalue weighted by atomic mass is 10.1. The monoisotopic (exact) mass is 197 g/mol. The first-order valence-corrected chi connectivity index (χ1v) is 4.53. The Morgan fingerprint density at radius 2 is 2.14 bits per heavy atom. The van der Waals surface area contributed by atoms with E-state index in [-0.39, 0.29) is 6.04 Å². The summed E-state index contributed by atoms with van der Waals surface area (Å²) in [5.74, 6) is 0. The fourth-order valence-corrected chi connectivity index (χ4v) is 1.63. The molecule has 0 bridgehead atoms. The predicted molar refractivity (Wildman–Crippen MR) is 48.2 cm³/mol. The van der Waals surface area contributed by atoms with Crippen LogP contribution in [0.25, 0.3) is 0 Å². The van der Waals surface area contributed by atoms with Crippen LogP contribution in [-0.4, -0.2) is 27.7 Å². The molecule has 0 saturated carbocycles. The molecule has 1 N–H and O–H groups in total. The van der Waals surface area contributed by atoms with E-state index in [0.717, 1.165) is 6.33 Å². The minimum Gasteiger partial charge on any atom is -0.381 e. The Morgan fingerprint density at radius 3 is 2.79 bits per heavy atom. The van der Waals surface area contributed by atoms with Gasteiger partial charge in [-0.2, -0.15) is 4.98 Å². The lowest BCUT2D eigenvalue weighted by Crippen LogP contribution is -2.40. The molecule has 76 valence electrons. The van der Waals surface area contributed by atoms with Gasteiger partial charge >= 0.3 is 11.4 Å². The standard InChI is InChI=1S/C8H11N3O3/c12-7-9-5-10-8(13)11(7)6-1-3-14-4-2-6/h5-6H,1-4H2,(H,9,10,12,13). The second-order valence-corrected chi connectivity index (χ2v) is 3.20. The molecule has 1 saturated heterocycles. The van der Waals surface area contributed by atoms with Crippen molar-refractivity contribution in [2.75, 3.05) is 13.2 Å². The second-order valence-electron chi connectivity index (χ2n) is 3.20. The molecule has 1 aliphatic rings. The minimum absolute atomic E-state index is 0.0753. The number of aromatic amines is 1. The summed E-state index contributed by atoms with van der Waals surface area (Å²) in [4.78, 5) is 28.6. The Morgan fingerprint density at radius 1 is 1.43 bits per heavy atom. The number of aromatic nitrogens is 3. The van der Waals surface area contributed by atoms with Crippen LogP contribution in [0.1, 0.15) is 18.9 Å². The largest absolute Gasteiger partial charge is 0.381 e. The van der Waals surface area contributed by atoms with Gasteiger partial charge in [-0.1, -0.05) is 0 Å². The number of H-pyrrole nitrogens is 1. The molecule has 0 atom stereocenters. The van der Waals surface area contributed by atoms with Crippen molar-refractivity contribution < 1.29 is 4.74 Å². The second kappa shape index (κ2) is 3.75. The van der Waals surface area contributed by atoms with Gasteiger partial charge in [0.15, 0.2) is 0 Å². The first kappa shape index (κ1) is 9.14. The molecule has 0 aliphatic carbocycles. The highest BCUT2D eigenvalue weighted by Gasteiger charge is 2.18. The summed E-state index contributed by atoms with van der Waals surface area (Å²) in [6, 6.07) is -0.0753. The van der Waals surface area contributed by atoms with Crippen molar-refractivity contribution in [1.29, 1.82) is 0 Å². The number of nitrogens with one attached hydrogen (secondary N) is 1. The Labute approximate surface area is 79.6 Å². The number of ether oxygens (including phenoxy) is 1. The number of hydrogen-bond donors (Lipinski definition) is 1. The van der Waals surface area contributed by atoms with Crippen LogP contribution in [0.4, 0.5) is 0 Å². The zero-order chi connectivity index (χ0) is 9.97. The van der Waals surface area contributed by atoms with Crippen LogP contribution in [0.3, 0.4) is 0 Å². The van der Waals surface area contributed by atoms with Gasteiger partial charge in [0, 0.05) is 19.3 Å². The Balaban J connectivity index is 2.39. The van der Waals surface area contributed by atoms with Crippen molar-refractivity contribution in [3.63, 3.8) is 0 Å². The average molecular weight is 197 g/mol. The lowest BCUT2D eigenvalue weighted by molar-refractivity contribution is 0.0670. The van der Waals surface area contributed by atoms with Crippen molar-refractivity contribution in [1.82, 2.24) is 14.5 Å². The molecule has 1 aromatic rings. The quantitative estimate of drug-likeness (QED) is 0.644. The van der Waals surface area contributed by atoms with E-state index in [0.29, 0.717) is 26.1 Å². The number of nitrogens with zero attached hydrogens (tertiary/aromatic N) is 2. The first-order chi connectivity index (χ1) is 6.79. The van der Waals surface area contributed by atoms with Crippen LogP contribution in [0.5, 0.6) is 0 Å². The molecule has 1 aliphatic heterocycles. The van der Waals surface area contributed by atoms with E-state index >= 15 is 0 Å². The topological polar surface area (TPSA) is 77.0 Å². The maximum atomic E-state index is 11.4. The summed E-state index contributed by atoms with van der Waals surface area (Å²) in [7, 11) is 0. The molecule has 2 rings (SSSR count). The molecule has 1 fully saturated rings. The van der Waals surface area contributed by atoms with E-state index in [4.69, 9.17) is 4.74 Å². The van der Waals surface area contributed by atoms with Gasteiger partial charge in [0.2, 0.25) is 0 Å². The van der Waals surface area contributed by atoms with Crippen molar-refractivity contribution >= 4 is 0 Å². The molecule has 14 heavy (non-hydrogen) atoms. The van der Waals surface area contributed by atoms with E-state index in [2.05, 4.69) is 9.97 Å². The van der Waals surface area contributed by atoms with E-state index in [1.165, 1.54) is 4.57 Å². The molecule has 0 aromatic carbocycles. The smallest absolute Gasteiger partial charge is 0.353 e. The normalized spacial score (nSPS) is 18.3. The lowest BCUT2D eigenvalue weighted by Gasteiger charge is -2.22. The van der Waals surface area contributed by atoms with Crippen LogP contribution >= 0.6 is 0 Å². The van der Waals surface area contributed by atoms with Gasteiger partial charge in [-0.15, -0.1) is 0 Å². The molecule has 0 spiro atoms. The summed E-state index contributed by atoms with van der Waals surface area (Å²) in [6.45, 7) is 1.18. The van der Waals surface area contributed by atoms with Crippen LogP contribution < -0.4 is 11.4 Å². The highest BCUT2D eigenvalue weighted by molar-refractivity contribution is 4.77. The Bertz CT molecular complexity index is 388. The average Bonchev–Trinajstić information content (AvgIpc) is 2.19. The summed E-state index contributed by atoms with van der Waals surface area (Å²) >= 11 is 0. The zero-order valence-corrected chi connectivity index (χ0v) is 7.60. The molecule has 0 unspecified atom stereocenters. The van der Waals surface area contributed by atoms with Gasteiger partial charge in [-0.3, -0.25) is 4.98 Å². The first-order valence-electron chi connectivity index (χ1n) is 4.53. The molecule has 2 heterocycles. The molecule has 6 nitrogen and oxygen atoms in total. The number of hydrogen-bond acceptors (Lipinski definition) is 4. The van der Waals surface area contributed by atoms with Gasteiger partial charge in [0.05, 0.1) is 0 Å². The van der Waals surface area contributed by atoms with Crippen molar-refractivity contribution in [2.45, 2.75) is 18.9 Å². The van der Waals surface area contributed by atoms with E-state index in [1.54, 1.807) is 0 Å². The van der Waals surface area contributed by atoms with Crippen LogP contribution in [0.15, 0.2) is 15.9 Å².